The quantitative estimate of drug-likeness (QED) is 0.737. The zero-order valence-corrected chi connectivity index (χ0v) is 17.6. The average molecular weight is 403 g/mol. The molecule has 1 heterocycles. The van der Waals surface area contributed by atoms with Gasteiger partial charge in [0.1, 0.15) is 12.1 Å². The third-order valence-corrected chi connectivity index (χ3v) is 5.59. The lowest BCUT2D eigenvalue weighted by atomic mass is 9.64. The molecule has 1 aliphatic carbocycles. The number of nitrogens with zero attached hydrogens (tertiary/aromatic N) is 1. The first kappa shape index (κ1) is 21.0. The van der Waals surface area contributed by atoms with Gasteiger partial charge in [-0.15, -0.1) is 0 Å². The number of rotatable bonds is 5. The van der Waals surface area contributed by atoms with Crippen molar-refractivity contribution in [2.75, 3.05) is 26.1 Å². The molecular formula is C21H29N3O5. The zero-order chi connectivity index (χ0) is 21.4. The number of hydrogen-bond donors (Lipinski definition) is 2. The third kappa shape index (κ3) is 4.16. The lowest BCUT2D eigenvalue weighted by Crippen LogP contribution is -2.54. The molecule has 0 bridgehead atoms. The molecule has 1 saturated heterocycles. The van der Waals surface area contributed by atoms with Gasteiger partial charge in [-0.1, -0.05) is 20.8 Å². The number of nitrogens with one attached hydrogen (secondary N) is 2. The van der Waals surface area contributed by atoms with Gasteiger partial charge in [-0.2, -0.15) is 0 Å². The highest BCUT2D eigenvalue weighted by Crippen LogP contribution is 2.46. The van der Waals surface area contributed by atoms with Crippen molar-refractivity contribution >= 4 is 23.5 Å². The van der Waals surface area contributed by atoms with Crippen LogP contribution in [0.5, 0.6) is 11.5 Å². The number of carbonyl (C=O) groups excluding carboxylic acids is 3. The van der Waals surface area contributed by atoms with Gasteiger partial charge < -0.3 is 20.1 Å². The fourth-order valence-corrected chi connectivity index (χ4v) is 4.91. The fraction of sp³-hybridized carbons (Fsp3) is 0.571. The van der Waals surface area contributed by atoms with Crippen LogP contribution in [0, 0.1) is 11.3 Å². The second-order valence-electron chi connectivity index (χ2n) is 8.88. The number of carbonyl (C=O) groups is 3. The van der Waals surface area contributed by atoms with E-state index in [1.165, 1.54) is 14.2 Å². The Hall–Kier alpha value is -2.77. The number of anilines is 1. The number of urea groups is 1. The van der Waals surface area contributed by atoms with E-state index in [9.17, 15) is 14.4 Å². The number of methoxy groups -OCH3 is 2. The van der Waals surface area contributed by atoms with E-state index in [4.69, 9.17) is 9.47 Å². The summed E-state index contributed by atoms with van der Waals surface area (Å²) in [6, 6.07) is 4.44. The SMILES string of the molecule is COc1ccc(NC(=O)CN2C(=O)N[C@@]3(C[C@@H](C)CC(C)(C)C3)C2=O)cc1OC. The monoisotopic (exact) mass is 403 g/mol. The Bertz CT molecular complexity index is 838. The van der Waals surface area contributed by atoms with Crippen LogP contribution in [-0.4, -0.2) is 49.0 Å². The Labute approximate surface area is 170 Å². The standard InChI is InChI=1S/C21H29N3O5/c1-13-9-20(2,3)12-21(10-13)18(26)24(19(27)23-21)11-17(25)22-14-6-7-15(28-4)16(8-14)29-5/h6-8,13H,9-12H2,1-5H3,(H,22,25)(H,23,27)/t13-,21+/m0/s1. The van der Waals surface area contributed by atoms with E-state index in [-0.39, 0.29) is 17.9 Å². The summed E-state index contributed by atoms with van der Waals surface area (Å²) < 4.78 is 10.4. The molecule has 1 spiro atoms. The Morgan fingerprint density at radius 3 is 2.52 bits per heavy atom. The van der Waals surface area contributed by atoms with E-state index in [1.54, 1.807) is 18.2 Å². The molecule has 4 amide bonds. The summed E-state index contributed by atoms with van der Waals surface area (Å²) in [6.45, 7) is 5.97. The largest absolute Gasteiger partial charge is 0.493 e. The normalized spacial score (nSPS) is 25.7. The first-order valence-electron chi connectivity index (χ1n) is 9.75. The maximum Gasteiger partial charge on any atom is 0.325 e. The number of benzene rings is 1. The molecule has 2 fully saturated rings. The minimum Gasteiger partial charge on any atom is -0.493 e. The van der Waals surface area contributed by atoms with Crippen molar-refractivity contribution in [3.63, 3.8) is 0 Å². The highest BCUT2D eigenvalue weighted by Gasteiger charge is 2.56. The van der Waals surface area contributed by atoms with Crippen LogP contribution >= 0.6 is 0 Å². The molecule has 1 aromatic rings. The molecule has 29 heavy (non-hydrogen) atoms. The smallest absolute Gasteiger partial charge is 0.325 e. The van der Waals surface area contributed by atoms with Crippen LogP contribution in [0.2, 0.25) is 0 Å². The molecule has 3 rings (SSSR count). The minimum atomic E-state index is -0.915. The molecule has 1 aromatic carbocycles. The maximum atomic E-state index is 13.1. The number of hydrogen-bond acceptors (Lipinski definition) is 5. The van der Waals surface area contributed by atoms with E-state index in [0.717, 1.165) is 11.3 Å². The molecule has 0 aromatic heterocycles. The van der Waals surface area contributed by atoms with Gasteiger partial charge >= 0.3 is 6.03 Å². The average Bonchev–Trinajstić information content (AvgIpc) is 2.83. The van der Waals surface area contributed by atoms with Crippen LogP contribution in [0.3, 0.4) is 0 Å². The predicted octanol–water partition coefficient (Wildman–Crippen LogP) is 2.78. The van der Waals surface area contributed by atoms with Gasteiger partial charge in [-0.3, -0.25) is 14.5 Å². The van der Waals surface area contributed by atoms with Gasteiger partial charge in [0.15, 0.2) is 11.5 Å². The fourth-order valence-electron chi connectivity index (χ4n) is 4.91. The van der Waals surface area contributed by atoms with Gasteiger partial charge in [-0.25, -0.2) is 4.79 Å². The summed E-state index contributed by atoms with van der Waals surface area (Å²) in [7, 11) is 3.03. The van der Waals surface area contributed by atoms with Crippen molar-refractivity contribution in [3.8, 4) is 11.5 Å². The summed E-state index contributed by atoms with van der Waals surface area (Å²) >= 11 is 0. The summed E-state index contributed by atoms with van der Waals surface area (Å²) in [5.74, 6) is 0.544. The third-order valence-electron chi connectivity index (χ3n) is 5.59. The summed E-state index contributed by atoms with van der Waals surface area (Å²) in [5, 5.41) is 5.58. The highest BCUT2D eigenvalue weighted by molar-refractivity contribution is 6.10. The second-order valence-corrected chi connectivity index (χ2v) is 8.88. The zero-order valence-electron chi connectivity index (χ0n) is 17.6. The van der Waals surface area contributed by atoms with Gasteiger partial charge in [0.2, 0.25) is 5.91 Å². The molecule has 8 nitrogen and oxygen atoms in total. The van der Waals surface area contributed by atoms with Crippen molar-refractivity contribution in [3.05, 3.63) is 18.2 Å². The summed E-state index contributed by atoms with van der Waals surface area (Å²) in [6.07, 6.45) is 2.16. The van der Waals surface area contributed by atoms with Crippen LogP contribution in [-0.2, 0) is 9.59 Å². The molecule has 8 heteroatoms. The Morgan fingerprint density at radius 2 is 1.90 bits per heavy atom. The van der Waals surface area contributed by atoms with Crippen LogP contribution in [0.15, 0.2) is 18.2 Å². The predicted molar refractivity (Wildman–Crippen MR) is 108 cm³/mol. The van der Waals surface area contributed by atoms with E-state index in [2.05, 4.69) is 31.4 Å². The van der Waals surface area contributed by atoms with E-state index >= 15 is 0 Å². The lowest BCUT2D eigenvalue weighted by molar-refractivity contribution is -0.136. The maximum absolute atomic E-state index is 13.1. The van der Waals surface area contributed by atoms with E-state index < -0.39 is 17.5 Å². The summed E-state index contributed by atoms with van der Waals surface area (Å²) in [4.78, 5) is 39.2. The van der Waals surface area contributed by atoms with Crippen molar-refractivity contribution in [2.24, 2.45) is 11.3 Å². The van der Waals surface area contributed by atoms with Crippen molar-refractivity contribution in [1.29, 1.82) is 0 Å². The lowest BCUT2D eigenvalue weighted by Gasteiger charge is -2.43. The molecular weight excluding hydrogens is 374 g/mol. The molecule has 0 unspecified atom stereocenters. The first-order chi connectivity index (χ1) is 13.6. The minimum absolute atomic E-state index is 0.0570. The first-order valence-corrected chi connectivity index (χ1v) is 9.75. The number of imide groups is 1. The molecule has 158 valence electrons. The molecule has 0 radical (unpaired) electrons. The number of ether oxygens (including phenoxy) is 2. The van der Waals surface area contributed by atoms with Gasteiger partial charge in [-0.05, 0) is 42.7 Å². The molecule has 1 aliphatic heterocycles. The molecule has 2 atom stereocenters. The van der Waals surface area contributed by atoms with Crippen LogP contribution in [0.4, 0.5) is 10.5 Å². The van der Waals surface area contributed by atoms with Crippen molar-refractivity contribution in [1.82, 2.24) is 10.2 Å². The molecule has 2 aliphatic rings. The van der Waals surface area contributed by atoms with E-state index in [1.807, 2.05) is 0 Å². The Kier molecular flexibility index (Phi) is 5.47. The van der Waals surface area contributed by atoms with E-state index in [0.29, 0.717) is 35.9 Å². The van der Waals surface area contributed by atoms with Crippen molar-refractivity contribution in [2.45, 2.75) is 45.6 Å². The topological polar surface area (TPSA) is 97.0 Å². The van der Waals surface area contributed by atoms with Crippen LogP contribution in [0.1, 0.15) is 40.0 Å². The molecule has 1 saturated carbocycles. The Morgan fingerprint density at radius 1 is 1.21 bits per heavy atom. The van der Waals surface area contributed by atoms with Gasteiger partial charge in [0, 0.05) is 11.8 Å². The summed E-state index contributed by atoms with van der Waals surface area (Å²) in [5.41, 5.74) is -0.484. The second kappa shape index (κ2) is 7.57. The van der Waals surface area contributed by atoms with Crippen LogP contribution < -0.4 is 20.1 Å². The Balaban J connectivity index is 1.71. The highest BCUT2D eigenvalue weighted by atomic mass is 16.5. The van der Waals surface area contributed by atoms with Gasteiger partial charge in [0.25, 0.3) is 5.91 Å². The van der Waals surface area contributed by atoms with Gasteiger partial charge in [0.05, 0.1) is 14.2 Å². The van der Waals surface area contributed by atoms with Crippen LogP contribution in [0.25, 0.3) is 0 Å². The van der Waals surface area contributed by atoms with Crippen molar-refractivity contribution < 1.29 is 23.9 Å². The number of amides is 4. The molecule has 2 N–H and O–H groups in total.